The number of benzene rings is 1. The molecule has 0 spiro atoms. The Kier molecular flexibility index (Phi) is 12.4. The molecule has 0 unspecified atom stereocenters. The Labute approximate surface area is 214 Å². The van der Waals surface area contributed by atoms with Gasteiger partial charge in [0, 0.05) is 30.6 Å². The average Bonchev–Trinajstić information content (AvgIpc) is 2.85. The van der Waals surface area contributed by atoms with Crippen LogP contribution in [0.3, 0.4) is 0 Å². The summed E-state index contributed by atoms with van der Waals surface area (Å²) in [4.78, 5) is 15.2. The predicted octanol–water partition coefficient (Wildman–Crippen LogP) is 1.53. The molecule has 0 saturated carbocycles. The van der Waals surface area contributed by atoms with E-state index in [0.29, 0.717) is 31.6 Å². The Bertz CT molecular complexity index is 1030. The van der Waals surface area contributed by atoms with Gasteiger partial charge < -0.3 is 33.5 Å². The summed E-state index contributed by atoms with van der Waals surface area (Å²) in [5, 5.41) is 3.24. The van der Waals surface area contributed by atoms with Gasteiger partial charge >= 0.3 is 18.9 Å². The third-order valence-corrected chi connectivity index (χ3v) is 4.74. The van der Waals surface area contributed by atoms with Crippen molar-refractivity contribution in [2.75, 3.05) is 38.7 Å². The van der Waals surface area contributed by atoms with Gasteiger partial charge in [-0.2, -0.15) is 12.1 Å². The van der Waals surface area contributed by atoms with Gasteiger partial charge in [0.05, 0.1) is 18.9 Å². The first-order chi connectivity index (χ1) is 16.2. The monoisotopic (exact) mass is 451 g/mol. The number of aromatic nitrogens is 3. The Morgan fingerprint density at radius 2 is 1.91 bits per heavy atom. The van der Waals surface area contributed by atoms with Crippen LogP contribution in [-0.2, 0) is 11.3 Å². The second-order valence-electron chi connectivity index (χ2n) is 7.30. The summed E-state index contributed by atoms with van der Waals surface area (Å²) in [6, 6.07) is 14.6. The van der Waals surface area contributed by atoms with Crippen molar-refractivity contribution in [3.05, 3.63) is 86.4 Å². The number of nitrogens with one attached hydrogen (secondary N) is 1. The third kappa shape index (κ3) is 9.28. The number of nitrogens with zero attached hydrogens (tertiary/aromatic N) is 4. The standard InChI is InChI=1S/C21H19N4O2.C5H11N.Li/c1-2-11-26-15-16-5-4-6-18(13-16)24-21-23-10-8-19(25-21)17-7-9-22-20(14-17)27-12-3-1;1-4-6(3)5-2;/h1-2,4,6-10,13-14H,3,11-12,15H2,(H,23,24,25);1-2,4-5H2,3H3;/q-1;-2;+1/b2-1+;;. The van der Waals surface area contributed by atoms with Crippen molar-refractivity contribution in [3.8, 4) is 17.1 Å². The molecule has 0 amide bonds. The first-order valence-electron chi connectivity index (χ1n) is 10.9. The summed E-state index contributed by atoms with van der Waals surface area (Å²) in [6.45, 7) is 10.6. The zero-order chi connectivity index (χ0) is 23.3. The summed E-state index contributed by atoms with van der Waals surface area (Å²) >= 11 is 0. The summed E-state index contributed by atoms with van der Waals surface area (Å²) in [6.07, 6.45) is 8.29. The van der Waals surface area contributed by atoms with E-state index in [1.54, 1.807) is 12.4 Å². The van der Waals surface area contributed by atoms with E-state index in [-0.39, 0.29) is 18.9 Å². The molecule has 0 saturated heterocycles. The van der Waals surface area contributed by atoms with Crippen molar-refractivity contribution in [2.24, 2.45) is 0 Å². The molecule has 1 aliphatic rings. The Hall–Kier alpha value is -2.69. The normalized spacial score (nSPS) is 14.1. The predicted molar refractivity (Wildman–Crippen MR) is 131 cm³/mol. The van der Waals surface area contributed by atoms with Gasteiger partial charge in [-0.1, -0.05) is 17.8 Å². The molecule has 7 nitrogen and oxygen atoms in total. The van der Waals surface area contributed by atoms with E-state index in [1.807, 2.05) is 60.5 Å². The minimum atomic E-state index is 0. The van der Waals surface area contributed by atoms with E-state index in [1.165, 1.54) is 0 Å². The molecule has 34 heavy (non-hydrogen) atoms. The molecule has 0 fully saturated rings. The molecular weight excluding hydrogens is 421 g/mol. The van der Waals surface area contributed by atoms with Crippen LogP contribution in [0.4, 0.5) is 11.6 Å². The van der Waals surface area contributed by atoms with Crippen LogP contribution >= 0.6 is 0 Å². The van der Waals surface area contributed by atoms with Crippen LogP contribution in [0.15, 0.2) is 60.9 Å². The van der Waals surface area contributed by atoms with Gasteiger partial charge in [0.15, 0.2) is 0 Å². The average molecular weight is 452 g/mol. The maximum atomic E-state index is 5.73. The molecule has 174 valence electrons. The fourth-order valence-corrected chi connectivity index (χ4v) is 2.80. The Morgan fingerprint density at radius 1 is 1.09 bits per heavy atom. The molecular formula is C26H30LiN5O2-2. The van der Waals surface area contributed by atoms with E-state index in [4.69, 9.17) is 9.47 Å². The van der Waals surface area contributed by atoms with Crippen molar-refractivity contribution < 1.29 is 28.3 Å². The fraction of sp³-hybridized carbons (Fsp3) is 0.269. The molecule has 4 rings (SSSR count). The number of ether oxygens (including phenoxy) is 2. The van der Waals surface area contributed by atoms with E-state index >= 15 is 0 Å². The number of fused-ring (bicyclic) bond motifs is 7. The molecule has 1 aliphatic heterocycles. The summed E-state index contributed by atoms with van der Waals surface area (Å²) in [5.74, 6) is 1.10. The number of pyridine rings is 1. The smallest absolute Gasteiger partial charge is 0.477 e. The Morgan fingerprint density at radius 3 is 2.71 bits per heavy atom. The van der Waals surface area contributed by atoms with Crippen LogP contribution in [0.5, 0.6) is 5.88 Å². The number of hydrogen-bond donors (Lipinski definition) is 1. The van der Waals surface area contributed by atoms with E-state index in [0.717, 1.165) is 42.0 Å². The van der Waals surface area contributed by atoms with Gasteiger partial charge in [0.2, 0.25) is 11.8 Å². The molecule has 2 aromatic heterocycles. The third-order valence-electron chi connectivity index (χ3n) is 4.74. The summed E-state index contributed by atoms with van der Waals surface area (Å²) in [5.41, 5.74) is 3.58. The maximum Gasteiger partial charge on any atom is 1.00 e. The van der Waals surface area contributed by atoms with Crippen LogP contribution in [0.2, 0.25) is 0 Å². The van der Waals surface area contributed by atoms with Gasteiger partial charge in [-0.05, 0) is 25.6 Å². The number of anilines is 2. The van der Waals surface area contributed by atoms with Crippen LogP contribution < -0.4 is 28.9 Å². The van der Waals surface area contributed by atoms with Crippen molar-refractivity contribution >= 4 is 11.6 Å². The Balaban J connectivity index is 0.000000521. The topological polar surface area (TPSA) is 72.4 Å². The van der Waals surface area contributed by atoms with E-state index in [9.17, 15) is 0 Å². The van der Waals surface area contributed by atoms with E-state index < -0.39 is 0 Å². The minimum Gasteiger partial charge on any atom is -0.477 e. The molecule has 3 heterocycles. The molecule has 0 aliphatic carbocycles. The number of hydrogen-bond acceptors (Lipinski definition) is 7. The molecule has 1 aromatic carbocycles. The van der Waals surface area contributed by atoms with Crippen molar-refractivity contribution in [2.45, 2.75) is 13.0 Å². The minimum absolute atomic E-state index is 0. The van der Waals surface area contributed by atoms with Crippen molar-refractivity contribution in [3.63, 3.8) is 0 Å². The van der Waals surface area contributed by atoms with Crippen molar-refractivity contribution in [1.29, 1.82) is 0 Å². The fourth-order valence-electron chi connectivity index (χ4n) is 2.80. The molecule has 6 bridgehead atoms. The van der Waals surface area contributed by atoms with Gasteiger partial charge in [0.1, 0.15) is 0 Å². The quantitative estimate of drug-likeness (QED) is 0.360. The summed E-state index contributed by atoms with van der Waals surface area (Å²) in [7, 11) is 1.99. The van der Waals surface area contributed by atoms with E-state index in [2.05, 4.69) is 40.2 Å². The SMILES string of the molecule is [CH2-]CN(C)C[CH2-].[Li+].[c-]1ccc2cc1COC/C=C/CCOc1cc(ccn1)-c1ccnc(n1)N2. The van der Waals surface area contributed by atoms with Crippen LogP contribution in [-0.4, -0.2) is 53.2 Å². The summed E-state index contributed by atoms with van der Waals surface area (Å²) < 4.78 is 11.4. The zero-order valence-corrected chi connectivity index (χ0v) is 20.0. The largest absolute Gasteiger partial charge is 1.00 e. The van der Waals surface area contributed by atoms with Crippen molar-refractivity contribution in [1.82, 2.24) is 19.9 Å². The van der Waals surface area contributed by atoms with Gasteiger partial charge in [-0.15, -0.1) is 30.8 Å². The van der Waals surface area contributed by atoms with Gasteiger partial charge in [0.25, 0.3) is 0 Å². The molecule has 1 N–H and O–H groups in total. The first kappa shape index (κ1) is 27.6. The maximum absolute atomic E-state index is 5.73. The molecule has 0 atom stereocenters. The molecule has 0 radical (unpaired) electrons. The first-order valence-corrected chi connectivity index (χ1v) is 10.9. The second kappa shape index (κ2) is 15.3. The van der Waals surface area contributed by atoms with Gasteiger partial charge in [-0.25, -0.2) is 15.0 Å². The molecule has 3 aromatic rings. The molecule has 8 heteroatoms. The number of rotatable bonds is 2. The van der Waals surface area contributed by atoms with Crippen LogP contribution in [0.25, 0.3) is 11.3 Å². The second-order valence-corrected chi connectivity index (χ2v) is 7.30. The zero-order valence-electron chi connectivity index (χ0n) is 20.0. The van der Waals surface area contributed by atoms with Crippen LogP contribution in [0.1, 0.15) is 12.0 Å². The van der Waals surface area contributed by atoms with Crippen LogP contribution in [0, 0.1) is 19.9 Å². The van der Waals surface area contributed by atoms with Gasteiger partial charge in [-0.3, -0.25) is 0 Å².